The van der Waals surface area contributed by atoms with Crippen LogP contribution in [0.4, 0.5) is 0 Å². The molecule has 1 aromatic carbocycles. The van der Waals surface area contributed by atoms with Crippen LogP contribution in [0, 0.1) is 0 Å². The Hall–Kier alpha value is -1.35. The number of hydrogen-bond acceptors (Lipinski definition) is 3. The minimum absolute atomic E-state index is 0.229. The van der Waals surface area contributed by atoms with Gasteiger partial charge in [0.25, 0.3) is 0 Å². The lowest BCUT2D eigenvalue weighted by Crippen LogP contribution is -1.79. The Morgan fingerprint density at radius 3 is 3.08 bits per heavy atom. The number of rotatable bonds is 1. The third kappa shape index (κ3) is 0.905. The molecule has 1 heterocycles. The zero-order chi connectivity index (χ0) is 8.55. The molecule has 2 rings (SSSR count). The van der Waals surface area contributed by atoms with Gasteiger partial charge in [-0.1, -0.05) is 28.9 Å². The second-order valence-electron chi connectivity index (χ2n) is 2.31. The van der Waals surface area contributed by atoms with Crippen molar-refractivity contribution in [1.82, 2.24) is 5.16 Å². The molecule has 0 N–H and O–H groups in total. The van der Waals surface area contributed by atoms with E-state index in [0.717, 1.165) is 6.29 Å². The summed E-state index contributed by atoms with van der Waals surface area (Å²) in [6, 6.07) is 5.09. The van der Waals surface area contributed by atoms with Gasteiger partial charge in [0.05, 0.1) is 5.39 Å². The first-order chi connectivity index (χ1) is 5.83. The van der Waals surface area contributed by atoms with Gasteiger partial charge in [0, 0.05) is 5.56 Å². The third-order valence-electron chi connectivity index (χ3n) is 1.62. The molecule has 0 fully saturated rings. The highest BCUT2D eigenvalue weighted by Gasteiger charge is 2.08. The second-order valence-corrected chi connectivity index (χ2v) is 2.67. The van der Waals surface area contributed by atoms with Gasteiger partial charge < -0.3 is 4.52 Å². The number of aldehydes is 1. The van der Waals surface area contributed by atoms with Crippen molar-refractivity contribution < 1.29 is 9.32 Å². The molecule has 0 radical (unpaired) electrons. The zero-order valence-electron chi connectivity index (χ0n) is 5.95. The molecular formula is C8H4ClNO2. The molecule has 60 valence electrons. The van der Waals surface area contributed by atoms with E-state index in [1.807, 2.05) is 0 Å². The van der Waals surface area contributed by atoms with Gasteiger partial charge in [-0.25, -0.2) is 0 Å². The molecule has 1 aromatic heterocycles. The van der Waals surface area contributed by atoms with Crippen LogP contribution in [0.25, 0.3) is 11.0 Å². The van der Waals surface area contributed by atoms with E-state index in [9.17, 15) is 4.79 Å². The number of hydrogen-bond donors (Lipinski definition) is 0. The first-order valence-electron chi connectivity index (χ1n) is 3.32. The average Bonchev–Trinajstić information content (AvgIpc) is 2.48. The average molecular weight is 182 g/mol. The fourth-order valence-corrected chi connectivity index (χ4v) is 1.31. The summed E-state index contributed by atoms with van der Waals surface area (Å²) in [5, 5.41) is 4.34. The van der Waals surface area contributed by atoms with Crippen molar-refractivity contribution in [2.75, 3.05) is 0 Å². The summed E-state index contributed by atoms with van der Waals surface area (Å²) in [5.41, 5.74) is 1.03. The molecule has 0 saturated heterocycles. The monoisotopic (exact) mass is 181 g/mol. The summed E-state index contributed by atoms with van der Waals surface area (Å²) >= 11 is 5.69. The van der Waals surface area contributed by atoms with Gasteiger partial charge in [-0.15, -0.1) is 0 Å². The van der Waals surface area contributed by atoms with E-state index < -0.39 is 0 Å². The van der Waals surface area contributed by atoms with Crippen LogP contribution in [0.15, 0.2) is 22.7 Å². The number of halogens is 1. The molecule has 0 amide bonds. The molecule has 0 spiro atoms. The molecular weight excluding hydrogens is 178 g/mol. The van der Waals surface area contributed by atoms with Crippen molar-refractivity contribution in [3.05, 3.63) is 28.9 Å². The van der Waals surface area contributed by atoms with Crippen LogP contribution in [0.5, 0.6) is 0 Å². The maximum atomic E-state index is 10.5. The lowest BCUT2D eigenvalue weighted by atomic mass is 10.1. The quantitative estimate of drug-likeness (QED) is 0.634. The summed E-state index contributed by atoms with van der Waals surface area (Å²) in [6.07, 6.45) is 0.728. The summed E-state index contributed by atoms with van der Waals surface area (Å²) in [6.45, 7) is 0. The topological polar surface area (TPSA) is 43.1 Å². The lowest BCUT2D eigenvalue weighted by molar-refractivity contribution is 0.112. The number of nitrogens with zero attached hydrogens (tertiary/aromatic N) is 1. The van der Waals surface area contributed by atoms with Crippen molar-refractivity contribution in [3.63, 3.8) is 0 Å². The van der Waals surface area contributed by atoms with Gasteiger partial charge in [0.2, 0.25) is 0 Å². The maximum Gasteiger partial charge on any atom is 0.180 e. The lowest BCUT2D eigenvalue weighted by Gasteiger charge is -1.89. The van der Waals surface area contributed by atoms with Crippen LogP contribution in [-0.4, -0.2) is 11.4 Å². The molecule has 3 nitrogen and oxygen atoms in total. The van der Waals surface area contributed by atoms with Crippen molar-refractivity contribution in [1.29, 1.82) is 0 Å². The van der Waals surface area contributed by atoms with E-state index >= 15 is 0 Å². The summed E-state index contributed by atoms with van der Waals surface area (Å²) in [5.74, 6) is 0. The second kappa shape index (κ2) is 2.60. The molecule has 2 aromatic rings. The molecule has 4 heteroatoms. The number of carbonyl (C=O) groups excluding carboxylic acids is 1. The highest BCUT2D eigenvalue weighted by Crippen LogP contribution is 2.24. The van der Waals surface area contributed by atoms with Crippen LogP contribution < -0.4 is 0 Å². The van der Waals surface area contributed by atoms with Gasteiger partial charge in [-0.05, 0) is 6.07 Å². The predicted octanol–water partition coefficient (Wildman–Crippen LogP) is 2.29. The minimum atomic E-state index is 0.229. The standard InChI is InChI=1S/C8H4ClNO2/c9-8-7-5(4-11)2-1-3-6(7)12-10-8/h1-4H. The molecule has 12 heavy (non-hydrogen) atoms. The van der Waals surface area contributed by atoms with Gasteiger partial charge >= 0.3 is 0 Å². The van der Waals surface area contributed by atoms with E-state index in [4.69, 9.17) is 16.1 Å². The van der Waals surface area contributed by atoms with Crippen LogP contribution in [0.1, 0.15) is 10.4 Å². The highest BCUT2D eigenvalue weighted by molar-refractivity contribution is 6.35. The van der Waals surface area contributed by atoms with Gasteiger partial charge in [0.15, 0.2) is 17.0 Å². The summed E-state index contributed by atoms with van der Waals surface area (Å²) < 4.78 is 4.85. The van der Waals surface area contributed by atoms with Crippen molar-refractivity contribution >= 4 is 28.9 Å². The molecule has 0 saturated carbocycles. The predicted molar refractivity (Wildman–Crippen MR) is 44.4 cm³/mol. The molecule has 0 unspecified atom stereocenters. The van der Waals surface area contributed by atoms with Crippen LogP contribution in [0.2, 0.25) is 5.15 Å². The molecule has 0 aliphatic heterocycles. The number of fused-ring (bicyclic) bond motifs is 1. The fourth-order valence-electron chi connectivity index (χ4n) is 1.08. The number of aromatic nitrogens is 1. The van der Waals surface area contributed by atoms with E-state index in [1.165, 1.54) is 0 Å². The van der Waals surface area contributed by atoms with E-state index in [-0.39, 0.29) is 5.15 Å². The maximum absolute atomic E-state index is 10.5. The third-order valence-corrected chi connectivity index (χ3v) is 1.87. The SMILES string of the molecule is O=Cc1cccc2onc(Cl)c12. The minimum Gasteiger partial charge on any atom is -0.355 e. The molecule has 0 atom stereocenters. The first kappa shape index (κ1) is 7.31. The molecule has 0 aliphatic rings. The van der Waals surface area contributed by atoms with E-state index in [0.29, 0.717) is 16.5 Å². The van der Waals surface area contributed by atoms with Crippen LogP contribution >= 0.6 is 11.6 Å². The van der Waals surface area contributed by atoms with E-state index in [2.05, 4.69) is 5.16 Å². The first-order valence-corrected chi connectivity index (χ1v) is 3.70. The highest BCUT2D eigenvalue weighted by atomic mass is 35.5. The Balaban J connectivity index is 2.93. The Bertz CT molecular complexity index is 436. The van der Waals surface area contributed by atoms with Crippen LogP contribution in [-0.2, 0) is 0 Å². The van der Waals surface area contributed by atoms with E-state index in [1.54, 1.807) is 18.2 Å². The van der Waals surface area contributed by atoms with Crippen molar-refractivity contribution in [2.45, 2.75) is 0 Å². The van der Waals surface area contributed by atoms with Crippen LogP contribution in [0.3, 0.4) is 0 Å². The Morgan fingerprint density at radius 1 is 1.50 bits per heavy atom. The summed E-state index contributed by atoms with van der Waals surface area (Å²) in [4.78, 5) is 10.5. The Morgan fingerprint density at radius 2 is 2.33 bits per heavy atom. The normalized spacial score (nSPS) is 10.4. The van der Waals surface area contributed by atoms with Gasteiger partial charge in [0.1, 0.15) is 0 Å². The molecule has 0 bridgehead atoms. The Labute approximate surface area is 72.9 Å². The van der Waals surface area contributed by atoms with Crippen molar-refractivity contribution in [2.24, 2.45) is 0 Å². The number of benzene rings is 1. The van der Waals surface area contributed by atoms with Gasteiger partial charge in [-0.3, -0.25) is 4.79 Å². The zero-order valence-corrected chi connectivity index (χ0v) is 6.71. The molecule has 0 aliphatic carbocycles. The van der Waals surface area contributed by atoms with Gasteiger partial charge in [-0.2, -0.15) is 0 Å². The Kier molecular flexibility index (Phi) is 1.59. The summed E-state index contributed by atoms with van der Waals surface area (Å²) in [7, 11) is 0. The largest absolute Gasteiger partial charge is 0.355 e. The fraction of sp³-hybridized carbons (Fsp3) is 0. The smallest absolute Gasteiger partial charge is 0.180 e. The van der Waals surface area contributed by atoms with Crippen molar-refractivity contribution in [3.8, 4) is 0 Å². The number of carbonyl (C=O) groups is 1.